The van der Waals surface area contributed by atoms with Gasteiger partial charge in [-0.15, -0.1) is 0 Å². The van der Waals surface area contributed by atoms with Gasteiger partial charge in [-0.25, -0.2) is 19.2 Å². The second-order valence-corrected chi connectivity index (χ2v) is 9.80. The van der Waals surface area contributed by atoms with Gasteiger partial charge in [0.1, 0.15) is 0 Å². The second kappa shape index (κ2) is 9.38. The van der Waals surface area contributed by atoms with Gasteiger partial charge in [-0.3, -0.25) is 5.32 Å². The highest BCUT2D eigenvalue weighted by Crippen LogP contribution is 2.23. The smallest absolute Gasteiger partial charge is 0.320 e. The summed E-state index contributed by atoms with van der Waals surface area (Å²) >= 11 is 0. The number of carbonyl (C=O) groups excluding carboxylic acids is 1. The van der Waals surface area contributed by atoms with E-state index in [1.165, 1.54) is 12.3 Å². The summed E-state index contributed by atoms with van der Waals surface area (Å²) < 4.78 is 14.4. The third-order valence-electron chi connectivity index (χ3n) is 5.29. The van der Waals surface area contributed by atoms with E-state index in [1.54, 1.807) is 0 Å². The molecule has 0 saturated carbocycles. The molecule has 3 aromatic rings. The van der Waals surface area contributed by atoms with Crippen LogP contribution in [0.2, 0.25) is 0 Å². The van der Waals surface area contributed by atoms with Crippen molar-refractivity contribution >= 4 is 40.2 Å². The lowest BCUT2D eigenvalue weighted by Crippen LogP contribution is -2.54. The Labute approximate surface area is 198 Å². The van der Waals surface area contributed by atoms with Gasteiger partial charge in [0.2, 0.25) is 5.95 Å². The first-order chi connectivity index (χ1) is 16.1. The van der Waals surface area contributed by atoms with Crippen LogP contribution in [0.25, 0.3) is 11.0 Å². The number of hydrogen-bond donors (Lipinski definition) is 4. The molecule has 1 aromatic carbocycles. The Kier molecular flexibility index (Phi) is 6.52. The highest BCUT2D eigenvalue weighted by Gasteiger charge is 2.21. The van der Waals surface area contributed by atoms with Gasteiger partial charge < -0.3 is 20.9 Å². The van der Waals surface area contributed by atoms with Gasteiger partial charge in [0, 0.05) is 53.7 Å². The van der Waals surface area contributed by atoms with Crippen LogP contribution < -0.4 is 26.2 Å². The fourth-order valence-corrected chi connectivity index (χ4v) is 3.99. The number of benzene rings is 1. The van der Waals surface area contributed by atoms with Crippen LogP contribution in [0.5, 0.6) is 0 Å². The molecule has 0 radical (unpaired) electrons. The first-order valence-corrected chi connectivity index (χ1v) is 11.4. The van der Waals surface area contributed by atoms with Crippen molar-refractivity contribution in [3.05, 3.63) is 42.3 Å². The molecule has 0 aliphatic carbocycles. The number of carbonyl (C=O) groups is 1. The van der Waals surface area contributed by atoms with Crippen molar-refractivity contribution in [3.63, 3.8) is 0 Å². The largest absolute Gasteiger partial charge is 0.368 e. The normalized spacial score (nSPS) is 18.6. The fraction of sp³-hybridized carbons (Fsp3) is 0.417. The number of piperazine rings is 1. The first kappa shape index (κ1) is 23.6. The Bertz CT molecular complexity index is 1170. The summed E-state index contributed by atoms with van der Waals surface area (Å²) in [5.74, 6) is -0.524. The van der Waals surface area contributed by atoms with Gasteiger partial charge in [0.25, 0.3) is 0 Å². The zero-order valence-corrected chi connectivity index (χ0v) is 20.1. The minimum Gasteiger partial charge on any atom is -0.368 e. The summed E-state index contributed by atoms with van der Waals surface area (Å²) in [7, 11) is 0. The van der Waals surface area contributed by atoms with Crippen molar-refractivity contribution in [1.82, 2.24) is 25.6 Å². The molecule has 0 spiro atoms. The van der Waals surface area contributed by atoms with E-state index in [0.29, 0.717) is 23.4 Å². The average molecular weight is 467 g/mol. The van der Waals surface area contributed by atoms with E-state index in [-0.39, 0.29) is 11.5 Å². The van der Waals surface area contributed by atoms with Crippen molar-refractivity contribution < 1.29 is 9.18 Å². The SMILES string of the molecule is CC1CN(c2ccc(Nc3ncc4cc(F)c(NC(=O)NC(C)(C)C)nc4n3)cc2)CC(C)N1. The molecule has 1 aliphatic heterocycles. The van der Waals surface area contributed by atoms with Gasteiger partial charge in [-0.05, 0) is 65.0 Å². The van der Waals surface area contributed by atoms with Crippen LogP contribution in [0.15, 0.2) is 36.5 Å². The second-order valence-electron chi connectivity index (χ2n) is 9.80. The maximum atomic E-state index is 14.4. The Morgan fingerprint density at radius 1 is 1.12 bits per heavy atom. The van der Waals surface area contributed by atoms with Crippen molar-refractivity contribution in [2.24, 2.45) is 0 Å². The number of rotatable bonds is 4. The van der Waals surface area contributed by atoms with Gasteiger partial charge in [-0.1, -0.05) is 0 Å². The molecule has 9 nitrogen and oxygen atoms in total. The van der Waals surface area contributed by atoms with E-state index < -0.39 is 17.4 Å². The van der Waals surface area contributed by atoms with Crippen LogP contribution in [0, 0.1) is 5.82 Å². The fourth-order valence-electron chi connectivity index (χ4n) is 3.99. The zero-order valence-electron chi connectivity index (χ0n) is 20.1. The molecule has 1 saturated heterocycles. The molecule has 2 unspecified atom stereocenters. The van der Waals surface area contributed by atoms with E-state index in [9.17, 15) is 9.18 Å². The quantitative estimate of drug-likeness (QED) is 0.460. The van der Waals surface area contributed by atoms with Crippen LogP contribution in [0.4, 0.5) is 32.3 Å². The molecule has 34 heavy (non-hydrogen) atoms. The maximum absolute atomic E-state index is 14.4. The molecule has 10 heteroatoms. The molecular formula is C24H31FN8O. The standard InChI is InChI=1S/C24H31FN8O/c1-14-12-33(13-15(2)27-14)18-8-6-17(7-9-18)28-22-26-11-16-10-19(25)21(29-20(16)30-22)31-23(34)32-24(3,4)5/h6-11,14-15,27H,12-13H2,1-5H3,(H3,26,28,29,30,31,32,34). The van der Waals surface area contributed by atoms with E-state index in [1.807, 2.05) is 32.9 Å². The number of pyridine rings is 1. The minimum absolute atomic E-state index is 0.192. The number of anilines is 4. The van der Waals surface area contributed by atoms with Gasteiger partial charge >= 0.3 is 6.03 Å². The summed E-state index contributed by atoms with van der Waals surface area (Å²) in [6, 6.07) is 9.66. The molecule has 180 valence electrons. The molecule has 2 amide bonds. The van der Waals surface area contributed by atoms with Gasteiger partial charge in [0.15, 0.2) is 17.3 Å². The lowest BCUT2D eigenvalue weighted by atomic mass is 10.1. The number of hydrogen-bond acceptors (Lipinski definition) is 7. The Balaban J connectivity index is 1.49. The maximum Gasteiger partial charge on any atom is 0.320 e. The molecule has 0 bridgehead atoms. The molecule has 1 aliphatic rings. The Hall–Kier alpha value is -3.53. The van der Waals surface area contributed by atoms with Crippen LogP contribution in [-0.4, -0.2) is 51.7 Å². The topological polar surface area (TPSA) is 107 Å². The minimum atomic E-state index is -0.659. The summed E-state index contributed by atoms with van der Waals surface area (Å²) in [6.07, 6.45) is 1.50. The van der Waals surface area contributed by atoms with E-state index in [2.05, 4.69) is 67.1 Å². The lowest BCUT2D eigenvalue weighted by molar-refractivity contribution is 0.243. The number of amides is 2. The molecule has 2 aromatic heterocycles. The van der Waals surface area contributed by atoms with E-state index in [4.69, 9.17) is 0 Å². The van der Waals surface area contributed by atoms with Crippen molar-refractivity contribution in [2.45, 2.75) is 52.2 Å². The Morgan fingerprint density at radius 2 is 1.79 bits per heavy atom. The first-order valence-electron chi connectivity index (χ1n) is 11.4. The van der Waals surface area contributed by atoms with Gasteiger partial charge in [-0.2, -0.15) is 4.98 Å². The number of halogens is 1. The predicted octanol–water partition coefficient (Wildman–Crippen LogP) is 4.01. The predicted molar refractivity (Wildman–Crippen MR) is 133 cm³/mol. The van der Waals surface area contributed by atoms with Crippen LogP contribution in [0.1, 0.15) is 34.6 Å². The Morgan fingerprint density at radius 3 is 2.44 bits per heavy atom. The summed E-state index contributed by atoms with van der Waals surface area (Å²) in [6.45, 7) is 11.8. The van der Waals surface area contributed by atoms with Crippen LogP contribution >= 0.6 is 0 Å². The number of nitrogens with one attached hydrogen (secondary N) is 4. The van der Waals surface area contributed by atoms with E-state index >= 15 is 0 Å². The zero-order chi connectivity index (χ0) is 24.5. The van der Waals surface area contributed by atoms with Crippen molar-refractivity contribution in [1.29, 1.82) is 0 Å². The summed E-state index contributed by atoms with van der Waals surface area (Å²) in [4.78, 5) is 27.3. The average Bonchev–Trinajstić information content (AvgIpc) is 2.73. The number of fused-ring (bicyclic) bond motifs is 1. The molecule has 4 rings (SSSR count). The third kappa shape index (κ3) is 5.88. The number of nitrogens with zero attached hydrogens (tertiary/aromatic N) is 4. The van der Waals surface area contributed by atoms with E-state index in [0.717, 1.165) is 24.5 Å². The highest BCUT2D eigenvalue weighted by atomic mass is 19.1. The summed E-state index contributed by atoms with van der Waals surface area (Å²) in [5.41, 5.74) is 1.79. The molecule has 4 N–H and O–H groups in total. The molecular weight excluding hydrogens is 435 g/mol. The van der Waals surface area contributed by atoms with Crippen molar-refractivity contribution in [2.75, 3.05) is 28.6 Å². The number of urea groups is 1. The molecule has 1 fully saturated rings. The number of aromatic nitrogens is 3. The summed E-state index contributed by atoms with van der Waals surface area (Å²) in [5, 5.41) is 12.3. The van der Waals surface area contributed by atoms with Gasteiger partial charge in [0.05, 0.1) is 0 Å². The van der Waals surface area contributed by atoms with Crippen molar-refractivity contribution in [3.8, 4) is 0 Å². The molecule has 3 heterocycles. The van der Waals surface area contributed by atoms with Crippen LogP contribution in [0.3, 0.4) is 0 Å². The molecule has 2 atom stereocenters. The highest BCUT2D eigenvalue weighted by molar-refractivity contribution is 5.90. The third-order valence-corrected chi connectivity index (χ3v) is 5.29. The monoisotopic (exact) mass is 466 g/mol. The lowest BCUT2D eigenvalue weighted by Gasteiger charge is -2.37. The van der Waals surface area contributed by atoms with Crippen LogP contribution in [-0.2, 0) is 0 Å².